The molecule has 2 aromatic heterocycles. The lowest BCUT2D eigenvalue weighted by Gasteiger charge is -1.99. The van der Waals surface area contributed by atoms with E-state index in [0.717, 1.165) is 0 Å². The van der Waals surface area contributed by atoms with Gasteiger partial charge in [0, 0.05) is 13.2 Å². The average Bonchev–Trinajstić information content (AvgIpc) is 2.87. The summed E-state index contributed by atoms with van der Waals surface area (Å²) in [6.07, 6.45) is 1.21. The van der Waals surface area contributed by atoms with Crippen LogP contribution in [-0.2, 0) is 13.5 Å². The van der Waals surface area contributed by atoms with Crippen LogP contribution in [0.5, 0.6) is 0 Å². The fourth-order valence-corrected chi connectivity index (χ4v) is 1.36. The summed E-state index contributed by atoms with van der Waals surface area (Å²) in [5.41, 5.74) is 0.609. The summed E-state index contributed by atoms with van der Waals surface area (Å²) in [7, 11) is 1.79. The maximum Gasteiger partial charge on any atom is 0.229 e. The number of hydrogen-bond acceptors (Lipinski definition) is 6. The Labute approximate surface area is 97.3 Å². The van der Waals surface area contributed by atoms with Crippen molar-refractivity contribution in [2.75, 3.05) is 0 Å². The second-order valence-electron chi connectivity index (χ2n) is 3.61. The van der Waals surface area contributed by atoms with Crippen molar-refractivity contribution < 1.29 is 9.63 Å². The summed E-state index contributed by atoms with van der Waals surface area (Å²) >= 11 is 0. The minimum absolute atomic E-state index is 0.0430. The van der Waals surface area contributed by atoms with E-state index >= 15 is 0 Å². The molecule has 0 spiro atoms. The summed E-state index contributed by atoms with van der Waals surface area (Å²) in [6.45, 7) is 0. The van der Waals surface area contributed by atoms with Crippen molar-refractivity contribution in [1.82, 2.24) is 19.9 Å². The third kappa shape index (κ3) is 2.68. The van der Waals surface area contributed by atoms with Crippen molar-refractivity contribution in [3.05, 3.63) is 18.2 Å². The number of aryl methyl sites for hydroxylation is 1. The molecule has 0 radical (unpaired) electrons. The molecule has 1 atom stereocenters. The molecular weight excluding hydrogens is 222 g/mol. The van der Waals surface area contributed by atoms with Gasteiger partial charge in [-0.1, -0.05) is 5.16 Å². The summed E-state index contributed by atoms with van der Waals surface area (Å²) in [4.78, 5) is 4.09. The monoisotopic (exact) mass is 233 g/mol. The van der Waals surface area contributed by atoms with Crippen LogP contribution in [0.25, 0.3) is 11.5 Å². The second-order valence-corrected chi connectivity index (χ2v) is 3.61. The molecule has 0 aliphatic heterocycles. The van der Waals surface area contributed by atoms with Gasteiger partial charge in [-0.25, -0.2) is 0 Å². The predicted molar refractivity (Wildman–Crippen MR) is 56.4 cm³/mol. The highest BCUT2D eigenvalue weighted by atomic mass is 16.5. The Morgan fingerprint density at radius 2 is 2.47 bits per heavy atom. The van der Waals surface area contributed by atoms with Gasteiger partial charge in [-0.3, -0.25) is 4.68 Å². The highest BCUT2D eigenvalue weighted by Gasteiger charge is 2.14. The smallest absolute Gasteiger partial charge is 0.229 e. The van der Waals surface area contributed by atoms with Crippen molar-refractivity contribution in [3.8, 4) is 17.6 Å². The van der Waals surface area contributed by atoms with Crippen LogP contribution in [0.3, 0.4) is 0 Å². The first-order valence-corrected chi connectivity index (χ1v) is 5.06. The first kappa shape index (κ1) is 11.3. The molecule has 2 aromatic rings. The lowest BCUT2D eigenvalue weighted by Crippen LogP contribution is -2.09. The third-order valence-electron chi connectivity index (χ3n) is 2.15. The molecule has 0 aromatic carbocycles. The Morgan fingerprint density at radius 1 is 1.65 bits per heavy atom. The van der Waals surface area contributed by atoms with E-state index in [1.165, 1.54) is 0 Å². The minimum atomic E-state index is -0.781. The molecule has 0 saturated heterocycles. The van der Waals surface area contributed by atoms with E-state index in [1.54, 1.807) is 24.0 Å². The number of hydrogen-bond donors (Lipinski definition) is 1. The standard InChI is InChI=1S/C10H11N5O2/c1-15-5-3-8(13-15)10-12-9(17-14-10)6-7(16)2-4-11/h3,5,7,16H,2,6H2,1H3. The average molecular weight is 233 g/mol. The van der Waals surface area contributed by atoms with Gasteiger partial charge >= 0.3 is 0 Å². The van der Waals surface area contributed by atoms with Crippen molar-refractivity contribution in [3.63, 3.8) is 0 Å². The highest BCUT2D eigenvalue weighted by molar-refractivity contribution is 5.46. The van der Waals surface area contributed by atoms with Crippen LogP contribution in [0.2, 0.25) is 0 Å². The lowest BCUT2D eigenvalue weighted by molar-refractivity contribution is 0.167. The molecule has 0 aliphatic carbocycles. The van der Waals surface area contributed by atoms with E-state index in [2.05, 4.69) is 15.2 Å². The van der Waals surface area contributed by atoms with Gasteiger partial charge in [-0.15, -0.1) is 0 Å². The highest BCUT2D eigenvalue weighted by Crippen LogP contribution is 2.13. The maximum absolute atomic E-state index is 9.42. The molecule has 0 fully saturated rings. The molecule has 7 heteroatoms. The van der Waals surface area contributed by atoms with Crippen LogP contribution in [-0.4, -0.2) is 31.1 Å². The van der Waals surface area contributed by atoms with Crippen molar-refractivity contribution in [2.45, 2.75) is 18.9 Å². The predicted octanol–water partition coefficient (Wildman–Crippen LogP) is 0.287. The zero-order valence-corrected chi connectivity index (χ0v) is 9.24. The molecule has 1 N–H and O–H groups in total. The summed E-state index contributed by atoms with van der Waals surface area (Å²) in [6, 6.07) is 3.64. The SMILES string of the molecule is Cn1ccc(-c2noc(CC(O)CC#N)n2)n1. The van der Waals surface area contributed by atoms with Gasteiger partial charge in [-0.05, 0) is 6.07 Å². The number of aliphatic hydroxyl groups excluding tert-OH is 1. The van der Waals surface area contributed by atoms with Gasteiger partial charge in [-0.2, -0.15) is 15.3 Å². The molecule has 2 rings (SSSR count). The first-order valence-electron chi connectivity index (χ1n) is 5.06. The van der Waals surface area contributed by atoms with E-state index in [4.69, 9.17) is 9.78 Å². The van der Waals surface area contributed by atoms with Crippen LogP contribution in [0.1, 0.15) is 12.3 Å². The van der Waals surface area contributed by atoms with Gasteiger partial charge in [0.15, 0.2) is 0 Å². The number of rotatable bonds is 4. The largest absolute Gasteiger partial charge is 0.392 e. The zero-order chi connectivity index (χ0) is 12.3. The topological polar surface area (TPSA) is 101 Å². The van der Waals surface area contributed by atoms with E-state index in [0.29, 0.717) is 17.4 Å². The molecule has 1 unspecified atom stereocenters. The summed E-state index contributed by atoms with van der Waals surface area (Å²) < 4.78 is 6.60. The Morgan fingerprint density at radius 3 is 3.12 bits per heavy atom. The van der Waals surface area contributed by atoms with Crippen LogP contribution in [0, 0.1) is 11.3 Å². The number of aliphatic hydroxyl groups is 1. The fourth-order valence-electron chi connectivity index (χ4n) is 1.36. The van der Waals surface area contributed by atoms with E-state index in [-0.39, 0.29) is 12.8 Å². The van der Waals surface area contributed by atoms with Crippen molar-refractivity contribution >= 4 is 0 Å². The number of aromatic nitrogens is 4. The molecule has 7 nitrogen and oxygen atoms in total. The molecule has 17 heavy (non-hydrogen) atoms. The van der Waals surface area contributed by atoms with Crippen LogP contribution < -0.4 is 0 Å². The lowest BCUT2D eigenvalue weighted by atomic mass is 10.2. The Kier molecular flexibility index (Phi) is 3.16. The van der Waals surface area contributed by atoms with E-state index in [9.17, 15) is 5.11 Å². The van der Waals surface area contributed by atoms with Crippen molar-refractivity contribution in [1.29, 1.82) is 5.26 Å². The van der Waals surface area contributed by atoms with Gasteiger partial charge in [0.2, 0.25) is 11.7 Å². The third-order valence-corrected chi connectivity index (χ3v) is 2.15. The van der Waals surface area contributed by atoms with Crippen molar-refractivity contribution in [2.24, 2.45) is 7.05 Å². The van der Waals surface area contributed by atoms with Gasteiger partial charge in [0.1, 0.15) is 5.69 Å². The van der Waals surface area contributed by atoms with Gasteiger partial charge in [0.05, 0.1) is 25.0 Å². The normalized spacial score (nSPS) is 12.3. The van der Waals surface area contributed by atoms with Crippen LogP contribution in [0.15, 0.2) is 16.8 Å². The zero-order valence-electron chi connectivity index (χ0n) is 9.24. The maximum atomic E-state index is 9.42. The van der Waals surface area contributed by atoms with Crippen LogP contribution >= 0.6 is 0 Å². The fraction of sp³-hybridized carbons (Fsp3) is 0.400. The summed E-state index contributed by atoms with van der Waals surface area (Å²) in [5, 5.41) is 25.7. The van der Waals surface area contributed by atoms with Gasteiger partial charge < -0.3 is 9.63 Å². The minimum Gasteiger partial charge on any atom is -0.392 e. The Balaban J connectivity index is 2.09. The second kappa shape index (κ2) is 4.76. The Hall–Kier alpha value is -2.20. The molecule has 88 valence electrons. The quantitative estimate of drug-likeness (QED) is 0.814. The molecule has 0 saturated carbocycles. The molecule has 0 aliphatic rings. The first-order chi connectivity index (χ1) is 8.19. The summed E-state index contributed by atoms with van der Waals surface area (Å²) in [5.74, 6) is 0.679. The molecule has 0 amide bonds. The number of nitriles is 1. The van der Waals surface area contributed by atoms with Crippen LogP contribution in [0.4, 0.5) is 0 Å². The Bertz CT molecular complexity index is 539. The van der Waals surface area contributed by atoms with E-state index in [1.807, 2.05) is 6.07 Å². The molecular formula is C10H11N5O2. The van der Waals surface area contributed by atoms with E-state index < -0.39 is 6.10 Å². The molecule has 2 heterocycles. The molecule has 0 bridgehead atoms. The number of nitrogens with zero attached hydrogens (tertiary/aromatic N) is 5. The van der Waals surface area contributed by atoms with Gasteiger partial charge in [0.25, 0.3) is 0 Å².